The fourth-order valence-corrected chi connectivity index (χ4v) is 2.19. The molecule has 0 bridgehead atoms. The van der Waals surface area contributed by atoms with E-state index in [1.165, 1.54) is 6.20 Å². The van der Waals surface area contributed by atoms with Crippen molar-refractivity contribution in [3.63, 3.8) is 0 Å². The van der Waals surface area contributed by atoms with Gasteiger partial charge in [0.25, 0.3) is 0 Å². The SMILES string of the molecule is N#CC1CCC[C@@H]1Nc1nc(Cl)ncc1Cl. The first-order chi connectivity index (χ1) is 7.70. The first-order valence-corrected chi connectivity index (χ1v) is 5.80. The van der Waals surface area contributed by atoms with Crippen LogP contribution in [0.4, 0.5) is 5.82 Å². The van der Waals surface area contributed by atoms with Crippen molar-refractivity contribution in [1.82, 2.24) is 9.97 Å². The average Bonchev–Trinajstić information content (AvgIpc) is 2.71. The van der Waals surface area contributed by atoms with Crippen molar-refractivity contribution in [3.8, 4) is 6.07 Å². The summed E-state index contributed by atoms with van der Waals surface area (Å²) in [7, 11) is 0. The Kier molecular flexibility index (Phi) is 3.47. The van der Waals surface area contributed by atoms with Crippen molar-refractivity contribution < 1.29 is 0 Å². The number of nitrogens with zero attached hydrogens (tertiary/aromatic N) is 3. The van der Waals surface area contributed by atoms with E-state index in [2.05, 4.69) is 21.4 Å². The molecule has 1 aliphatic rings. The molecule has 1 N–H and O–H groups in total. The van der Waals surface area contributed by atoms with Crippen molar-refractivity contribution in [2.24, 2.45) is 5.92 Å². The Bertz CT molecular complexity index is 429. The van der Waals surface area contributed by atoms with Crippen molar-refractivity contribution in [2.75, 3.05) is 5.32 Å². The molecular weight excluding hydrogens is 247 g/mol. The predicted molar refractivity (Wildman–Crippen MR) is 62.4 cm³/mol. The van der Waals surface area contributed by atoms with E-state index >= 15 is 0 Å². The van der Waals surface area contributed by atoms with E-state index in [9.17, 15) is 0 Å². The van der Waals surface area contributed by atoms with Gasteiger partial charge in [-0.05, 0) is 30.9 Å². The molecule has 0 radical (unpaired) electrons. The quantitative estimate of drug-likeness (QED) is 0.827. The molecule has 16 heavy (non-hydrogen) atoms. The van der Waals surface area contributed by atoms with Crippen LogP contribution in [-0.4, -0.2) is 16.0 Å². The molecule has 6 heteroatoms. The van der Waals surface area contributed by atoms with Gasteiger partial charge in [0.15, 0.2) is 0 Å². The lowest BCUT2D eigenvalue weighted by Crippen LogP contribution is -2.23. The smallest absolute Gasteiger partial charge is 0.224 e. The molecule has 1 aromatic heterocycles. The minimum absolute atomic E-state index is 0.0183. The molecule has 84 valence electrons. The summed E-state index contributed by atoms with van der Waals surface area (Å²) >= 11 is 11.6. The van der Waals surface area contributed by atoms with Crippen molar-refractivity contribution in [1.29, 1.82) is 5.26 Å². The van der Waals surface area contributed by atoms with Crippen LogP contribution in [0.3, 0.4) is 0 Å². The molecule has 0 aromatic carbocycles. The number of hydrogen-bond acceptors (Lipinski definition) is 4. The standard InChI is InChI=1S/C10H10Cl2N4/c11-7-5-14-10(12)16-9(7)15-8-3-1-2-6(8)4-13/h5-6,8H,1-3H2,(H,14,15,16)/t6?,8-/m0/s1. The normalized spacial score (nSPS) is 24.1. The Balaban J connectivity index is 2.14. The highest BCUT2D eigenvalue weighted by molar-refractivity contribution is 6.33. The number of rotatable bonds is 2. The van der Waals surface area contributed by atoms with E-state index in [1.54, 1.807) is 0 Å². The summed E-state index contributed by atoms with van der Waals surface area (Å²) in [6, 6.07) is 2.39. The predicted octanol–water partition coefficient (Wildman–Crippen LogP) is 2.89. The van der Waals surface area contributed by atoms with Gasteiger partial charge in [0.05, 0.1) is 18.2 Å². The molecule has 1 unspecified atom stereocenters. The molecule has 1 aromatic rings. The van der Waals surface area contributed by atoms with Gasteiger partial charge in [-0.15, -0.1) is 0 Å². The van der Waals surface area contributed by atoms with Gasteiger partial charge in [-0.2, -0.15) is 10.2 Å². The average molecular weight is 257 g/mol. The van der Waals surface area contributed by atoms with Gasteiger partial charge in [0.2, 0.25) is 5.28 Å². The Hall–Kier alpha value is -1.05. The van der Waals surface area contributed by atoms with E-state index < -0.39 is 0 Å². The Morgan fingerprint density at radius 1 is 1.44 bits per heavy atom. The molecule has 0 aliphatic heterocycles. The van der Waals surface area contributed by atoms with Crippen LogP contribution in [0.25, 0.3) is 0 Å². The number of aromatic nitrogens is 2. The highest BCUT2D eigenvalue weighted by Crippen LogP contribution is 2.29. The van der Waals surface area contributed by atoms with Gasteiger partial charge < -0.3 is 5.32 Å². The molecule has 0 saturated heterocycles. The van der Waals surface area contributed by atoms with E-state index in [0.29, 0.717) is 10.8 Å². The molecule has 2 rings (SSSR count). The van der Waals surface area contributed by atoms with Crippen LogP contribution in [0.2, 0.25) is 10.3 Å². The number of halogens is 2. The van der Waals surface area contributed by atoms with Crippen LogP contribution >= 0.6 is 23.2 Å². The summed E-state index contributed by atoms with van der Waals surface area (Å²) < 4.78 is 0. The largest absolute Gasteiger partial charge is 0.365 e. The molecule has 0 spiro atoms. The van der Waals surface area contributed by atoms with E-state index in [-0.39, 0.29) is 17.2 Å². The number of nitriles is 1. The van der Waals surface area contributed by atoms with E-state index in [4.69, 9.17) is 28.5 Å². The van der Waals surface area contributed by atoms with Gasteiger partial charge in [-0.25, -0.2) is 4.98 Å². The van der Waals surface area contributed by atoms with Gasteiger partial charge in [-0.1, -0.05) is 11.6 Å². The number of nitrogens with one attached hydrogen (secondary N) is 1. The summed E-state index contributed by atoms with van der Waals surface area (Å²) in [5.41, 5.74) is 0. The molecule has 1 aliphatic carbocycles. The second kappa shape index (κ2) is 4.86. The minimum atomic E-state index is 0.0183. The topological polar surface area (TPSA) is 61.6 Å². The van der Waals surface area contributed by atoms with Gasteiger partial charge in [0.1, 0.15) is 10.8 Å². The summed E-state index contributed by atoms with van der Waals surface area (Å²) in [4.78, 5) is 7.78. The number of hydrogen-bond donors (Lipinski definition) is 1. The fraction of sp³-hybridized carbons (Fsp3) is 0.500. The third-order valence-electron chi connectivity index (χ3n) is 2.72. The Labute approximate surface area is 104 Å². The zero-order valence-corrected chi connectivity index (χ0v) is 9.96. The van der Waals surface area contributed by atoms with Gasteiger partial charge in [0, 0.05) is 6.04 Å². The molecule has 1 fully saturated rings. The molecule has 1 saturated carbocycles. The lowest BCUT2D eigenvalue weighted by molar-refractivity contribution is 0.627. The molecule has 4 nitrogen and oxygen atoms in total. The van der Waals surface area contributed by atoms with Gasteiger partial charge >= 0.3 is 0 Å². The van der Waals surface area contributed by atoms with Crippen LogP contribution in [-0.2, 0) is 0 Å². The minimum Gasteiger partial charge on any atom is -0.365 e. The molecular formula is C10H10Cl2N4. The zero-order valence-electron chi connectivity index (χ0n) is 8.45. The van der Waals surface area contributed by atoms with Crippen LogP contribution in [0.15, 0.2) is 6.20 Å². The van der Waals surface area contributed by atoms with Crippen LogP contribution in [0.5, 0.6) is 0 Å². The lowest BCUT2D eigenvalue weighted by atomic mass is 10.1. The summed E-state index contributed by atoms with van der Waals surface area (Å²) in [5, 5.41) is 12.7. The lowest BCUT2D eigenvalue weighted by Gasteiger charge is -2.16. The van der Waals surface area contributed by atoms with Crippen molar-refractivity contribution in [3.05, 3.63) is 16.5 Å². The summed E-state index contributed by atoms with van der Waals surface area (Å²) in [5.74, 6) is 0.527. The van der Waals surface area contributed by atoms with E-state index in [0.717, 1.165) is 19.3 Å². The maximum atomic E-state index is 8.96. The number of anilines is 1. The van der Waals surface area contributed by atoms with Crippen molar-refractivity contribution >= 4 is 29.0 Å². The third-order valence-corrected chi connectivity index (χ3v) is 3.18. The van der Waals surface area contributed by atoms with Crippen LogP contribution in [0, 0.1) is 17.2 Å². The molecule has 1 heterocycles. The van der Waals surface area contributed by atoms with Crippen LogP contribution < -0.4 is 5.32 Å². The van der Waals surface area contributed by atoms with E-state index in [1.807, 2.05) is 0 Å². The Morgan fingerprint density at radius 2 is 2.25 bits per heavy atom. The van der Waals surface area contributed by atoms with Gasteiger partial charge in [-0.3, -0.25) is 0 Å². The first-order valence-electron chi connectivity index (χ1n) is 5.05. The second-order valence-electron chi connectivity index (χ2n) is 3.75. The van der Waals surface area contributed by atoms with Crippen LogP contribution in [0.1, 0.15) is 19.3 Å². The zero-order chi connectivity index (χ0) is 11.5. The van der Waals surface area contributed by atoms with Crippen molar-refractivity contribution in [2.45, 2.75) is 25.3 Å². The molecule has 2 atom stereocenters. The summed E-state index contributed by atoms with van der Waals surface area (Å²) in [6.07, 6.45) is 4.38. The summed E-state index contributed by atoms with van der Waals surface area (Å²) in [6.45, 7) is 0. The maximum Gasteiger partial charge on any atom is 0.224 e. The highest BCUT2D eigenvalue weighted by atomic mass is 35.5. The maximum absolute atomic E-state index is 8.96. The third kappa shape index (κ3) is 2.37. The second-order valence-corrected chi connectivity index (χ2v) is 4.50. The highest BCUT2D eigenvalue weighted by Gasteiger charge is 2.27. The first kappa shape index (κ1) is 11.4. The Morgan fingerprint density at radius 3 is 3.00 bits per heavy atom. The molecule has 0 amide bonds. The fourth-order valence-electron chi connectivity index (χ4n) is 1.91. The monoisotopic (exact) mass is 256 g/mol.